The minimum Gasteiger partial charge on any atom is -0.414 e. The first kappa shape index (κ1) is 18.1. The number of halogens is 1. The Labute approximate surface area is 153 Å². The molecule has 0 spiro atoms. The lowest BCUT2D eigenvalue weighted by Gasteiger charge is -2.16. The molecule has 2 aromatic heterocycles. The van der Waals surface area contributed by atoms with Crippen LogP contribution in [0.3, 0.4) is 0 Å². The summed E-state index contributed by atoms with van der Waals surface area (Å²) in [6, 6.07) is 5.78. The van der Waals surface area contributed by atoms with Crippen LogP contribution in [0.4, 0.5) is 4.39 Å². The molecule has 0 aliphatic carbocycles. The Hall–Kier alpha value is -2.75. The molecule has 136 valence electrons. The molecule has 1 amide bonds. The molecule has 8 nitrogen and oxygen atoms in total. The lowest BCUT2D eigenvalue weighted by atomic mass is 10.1. The van der Waals surface area contributed by atoms with Gasteiger partial charge in [-0.3, -0.25) is 4.79 Å². The number of nitrogens with one attached hydrogen (secondary N) is 1. The molecule has 0 fully saturated rings. The van der Waals surface area contributed by atoms with Crippen LogP contribution in [0.2, 0.25) is 0 Å². The lowest BCUT2D eigenvalue weighted by Crippen LogP contribution is -2.33. The van der Waals surface area contributed by atoms with E-state index in [1.54, 1.807) is 30.1 Å². The van der Waals surface area contributed by atoms with E-state index in [-0.39, 0.29) is 17.8 Å². The molecule has 1 aromatic carbocycles. The molecule has 2 atom stereocenters. The maximum absolute atomic E-state index is 13.0. The molecule has 0 saturated heterocycles. The lowest BCUT2D eigenvalue weighted by molar-refractivity contribution is -0.120. The minimum atomic E-state index is -0.433. The SMILES string of the molecule is CC(Sc1nnc(Cn2cncn2)o1)C(=O)NC(C)c1ccc(F)cc1. The highest BCUT2D eigenvalue weighted by molar-refractivity contribution is 8.00. The number of nitrogens with zero attached hydrogens (tertiary/aromatic N) is 5. The van der Waals surface area contributed by atoms with Crippen molar-refractivity contribution >= 4 is 17.7 Å². The van der Waals surface area contributed by atoms with E-state index >= 15 is 0 Å². The Morgan fingerprint density at radius 1 is 1.31 bits per heavy atom. The van der Waals surface area contributed by atoms with Crippen molar-refractivity contribution in [2.45, 2.75) is 36.9 Å². The zero-order chi connectivity index (χ0) is 18.5. The van der Waals surface area contributed by atoms with E-state index in [1.807, 2.05) is 6.92 Å². The molecule has 0 radical (unpaired) electrons. The Bertz CT molecular complexity index is 852. The van der Waals surface area contributed by atoms with Crippen molar-refractivity contribution in [1.82, 2.24) is 30.3 Å². The Morgan fingerprint density at radius 2 is 2.08 bits per heavy atom. The average molecular weight is 376 g/mol. The van der Waals surface area contributed by atoms with Gasteiger partial charge in [-0.2, -0.15) is 5.10 Å². The van der Waals surface area contributed by atoms with Crippen molar-refractivity contribution in [2.75, 3.05) is 0 Å². The fraction of sp³-hybridized carbons (Fsp3) is 0.312. The van der Waals surface area contributed by atoms with Gasteiger partial charge in [0.25, 0.3) is 5.22 Å². The molecule has 3 aromatic rings. The molecule has 26 heavy (non-hydrogen) atoms. The average Bonchev–Trinajstić information content (AvgIpc) is 3.28. The third kappa shape index (κ3) is 4.66. The fourth-order valence-corrected chi connectivity index (χ4v) is 2.88. The number of benzene rings is 1. The zero-order valence-corrected chi connectivity index (χ0v) is 15.0. The van der Waals surface area contributed by atoms with E-state index in [0.29, 0.717) is 17.7 Å². The summed E-state index contributed by atoms with van der Waals surface area (Å²) in [5.41, 5.74) is 0.824. The summed E-state index contributed by atoms with van der Waals surface area (Å²) in [5.74, 6) is -0.109. The van der Waals surface area contributed by atoms with E-state index in [4.69, 9.17) is 4.42 Å². The number of amides is 1. The van der Waals surface area contributed by atoms with Gasteiger partial charge >= 0.3 is 0 Å². The van der Waals surface area contributed by atoms with Gasteiger partial charge in [-0.05, 0) is 31.5 Å². The first-order valence-corrected chi connectivity index (χ1v) is 8.76. The Kier molecular flexibility index (Phi) is 5.61. The number of hydrogen-bond donors (Lipinski definition) is 1. The van der Waals surface area contributed by atoms with Crippen LogP contribution in [0.5, 0.6) is 0 Å². The highest BCUT2D eigenvalue weighted by atomic mass is 32.2. The number of carbonyl (C=O) groups excluding carboxylic acids is 1. The predicted octanol–water partition coefficient (Wildman–Crippen LogP) is 2.21. The summed E-state index contributed by atoms with van der Waals surface area (Å²) in [4.78, 5) is 16.2. The van der Waals surface area contributed by atoms with Crippen molar-refractivity contribution in [3.63, 3.8) is 0 Å². The van der Waals surface area contributed by atoms with Gasteiger partial charge in [0.1, 0.15) is 25.0 Å². The summed E-state index contributed by atoms with van der Waals surface area (Å²) in [6.45, 7) is 3.90. The standard InChI is InChI=1S/C16H17FN6O2S/c1-10(12-3-5-13(17)6-4-12)20-15(24)11(2)26-16-22-21-14(25-16)7-23-9-18-8-19-23/h3-6,8-11H,7H2,1-2H3,(H,20,24). The third-order valence-electron chi connectivity index (χ3n) is 3.59. The van der Waals surface area contributed by atoms with Crippen LogP contribution < -0.4 is 5.32 Å². The highest BCUT2D eigenvalue weighted by Gasteiger charge is 2.20. The van der Waals surface area contributed by atoms with Gasteiger partial charge in [0.2, 0.25) is 11.8 Å². The van der Waals surface area contributed by atoms with Gasteiger partial charge in [-0.25, -0.2) is 14.1 Å². The largest absolute Gasteiger partial charge is 0.414 e. The first-order chi connectivity index (χ1) is 12.5. The number of rotatable bonds is 7. The fourth-order valence-electron chi connectivity index (χ4n) is 2.17. The van der Waals surface area contributed by atoms with Crippen LogP contribution in [-0.4, -0.2) is 36.1 Å². The molecule has 0 bridgehead atoms. The second-order valence-corrected chi connectivity index (χ2v) is 6.89. The molecular weight excluding hydrogens is 359 g/mol. The topological polar surface area (TPSA) is 98.7 Å². The molecule has 0 aliphatic heterocycles. The van der Waals surface area contributed by atoms with Crippen molar-refractivity contribution in [3.05, 3.63) is 54.2 Å². The summed E-state index contributed by atoms with van der Waals surface area (Å²) < 4.78 is 20.1. The highest BCUT2D eigenvalue weighted by Crippen LogP contribution is 2.23. The maximum Gasteiger partial charge on any atom is 0.277 e. The zero-order valence-electron chi connectivity index (χ0n) is 14.2. The first-order valence-electron chi connectivity index (χ1n) is 7.88. The molecular formula is C16H17FN6O2S. The smallest absolute Gasteiger partial charge is 0.277 e. The van der Waals surface area contributed by atoms with Crippen LogP contribution in [0.1, 0.15) is 31.3 Å². The summed E-state index contributed by atoms with van der Waals surface area (Å²) in [6.07, 6.45) is 2.96. The van der Waals surface area contributed by atoms with Gasteiger partial charge in [-0.1, -0.05) is 23.9 Å². The van der Waals surface area contributed by atoms with Gasteiger partial charge in [0.15, 0.2) is 0 Å². The second kappa shape index (κ2) is 8.09. The van der Waals surface area contributed by atoms with E-state index in [2.05, 4.69) is 25.6 Å². The maximum atomic E-state index is 13.0. The molecule has 0 aliphatic rings. The molecule has 2 unspecified atom stereocenters. The molecule has 2 heterocycles. The van der Waals surface area contributed by atoms with Crippen LogP contribution in [0.15, 0.2) is 46.6 Å². The van der Waals surface area contributed by atoms with E-state index in [0.717, 1.165) is 5.56 Å². The van der Waals surface area contributed by atoms with E-state index < -0.39 is 5.25 Å². The molecule has 1 N–H and O–H groups in total. The van der Waals surface area contributed by atoms with Crippen molar-refractivity contribution < 1.29 is 13.6 Å². The normalized spacial score (nSPS) is 13.3. The van der Waals surface area contributed by atoms with Crippen molar-refractivity contribution in [1.29, 1.82) is 0 Å². The number of aromatic nitrogens is 5. The summed E-state index contributed by atoms with van der Waals surface area (Å²) in [7, 11) is 0. The van der Waals surface area contributed by atoms with E-state index in [1.165, 1.54) is 30.2 Å². The van der Waals surface area contributed by atoms with Gasteiger partial charge in [0, 0.05) is 0 Å². The number of carbonyl (C=O) groups is 1. The minimum absolute atomic E-state index is 0.178. The number of thioether (sulfide) groups is 1. The second-order valence-electron chi connectivity index (χ2n) is 5.60. The number of hydrogen-bond acceptors (Lipinski definition) is 7. The molecule has 3 rings (SSSR count). The quantitative estimate of drug-likeness (QED) is 0.631. The van der Waals surface area contributed by atoms with Crippen molar-refractivity contribution in [3.8, 4) is 0 Å². The third-order valence-corrected chi connectivity index (χ3v) is 4.52. The predicted molar refractivity (Wildman–Crippen MR) is 91.7 cm³/mol. The Balaban J connectivity index is 1.54. The molecule has 10 heteroatoms. The Morgan fingerprint density at radius 3 is 2.77 bits per heavy atom. The molecule has 0 saturated carbocycles. The van der Waals surface area contributed by atoms with Crippen LogP contribution >= 0.6 is 11.8 Å². The van der Waals surface area contributed by atoms with Crippen LogP contribution in [0, 0.1) is 5.82 Å². The van der Waals surface area contributed by atoms with Gasteiger partial charge < -0.3 is 9.73 Å². The van der Waals surface area contributed by atoms with Crippen LogP contribution in [-0.2, 0) is 11.3 Å². The van der Waals surface area contributed by atoms with E-state index in [9.17, 15) is 9.18 Å². The monoisotopic (exact) mass is 376 g/mol. The van der Waals surface area contributed by atoms with Crippen LogP contribution in [0.25, 0.3) is 0 Å². The summed E-state index contributed by atoms with van der Waals surface area (Å²) in [5, 5.41) is 14.6. The van der Waals surface area contributed by atoms with Crippen molar-refractivity contribution in [2.24, 2.45) is 0 Å². The van der Waals surface area contributed by atoms with Gasteiger partial charge in [0.05, 0.1) is 11.3 Å². The van der Waals surface area contributed by atoms with Gasteiger partial charge in [-0.15, -0.1) is 10.2 Å². The summed E-state index contributed by atoms with van der Waals surface area (Å²) >= 11 is 1.17.